The van der Waals surface area contributed by atoms with Crippen molar-refractivity contribution in [1.29, 1.82) is 0 Å². The highest BCUT2D eigenvalue weighted by Gasteiger charge is 2.52. The molecular formula is C48H55N4O12+. The van der Waals surface area contributed by atoms with Crippen molar-refractivity contribution in [1.82, 2.24) is 10.7 Å². The van der Waals surface area contributed by atoms with Gasteiger partial charge in [-0.15, -0.1) is 0 Å². The van der Waals surface area contributed by atoms with Gasteiger partial charge in [-0.25, -0.2) is 4.57 Å². The number of phenols is 1. The number of hydrogen-bond donors (Lipinski definition) is 6. The number of hydrogen-bond acceptors (Lipinski definition) is 14. The minimum Gasteiger partial charge on any atom is -0.507 e. The van der Waals surface area contributed by atoms with Crippen molar-refractivity contribution in [2.45, 2.75) is 85.6 Å². The van der Waals surface area contributed by atoms with Gasteiger partial charge in [0.2, 0.25) is 0 Å². The predicted molar refractivity (Wildman–Crippen MR) is 236 cm³/mol. The van der Waals surface area contributed by atoms with E-state index in [-0.39, 0.29) is 33.7 Å². The SMILES string of the molecule is CO[C@H]1/C=C/O[C@@]2(C)Oc3c(C)c(O)c4c(c3C2=O)C(=O)/C(=C/N/N=C/[n+]2cccc3ccccc32)C(=C4O)NC(=O)/C(C)=C\C=C\[C@H](C)[C@H](O)[C@@H](C)[C@H](O)[C@@H](C)[C@H](OC(C)=O)[C@@H]1C. The fraction of sp³-hybridized carbons (Fsp3) is 0.375. The van der Waals surface area contributed by atoms with Gasteiger partial charge in [-0.3, -0.25) is 19.2 Å². The molecule has 1 aliphatic carbocycles. The van der Waals surface area contributed by atoms with E-state index >= 15 is 0 Å². The Balaban J connectivity index is 1.48. The molecule has 0 spiro atoms. The molecule has 4 aliphatic rings. The number of nitrogens with one attached hydrogen (secondary N) is 2. The standard InChI is InChI=1S/C48H54N4O12/c1-24-14-12-15-25(2)47(60)51-38-32(22-49-50-23-52-20-13-17-31-16-10-11-18-33(31)52)42(57)35-36(43(38)58)41(56)29(6)45-37(35)46(59)48(8,64-45)62-21-19-34(61-9)26(3)44(63-30(7)53)28(5)40(55)27(4)39(24)54/h10-24,26-28,34,39-40,44,54-55H,1-9H3,(H3-,49,51,56,57,58,59,60)/p+1/b14-12+,21-19+,25-15-,50-23+/t24-,26+,27+,28+,34-,39-,40-,44+,48-/m0/s1. The Morgan fingerprint density at radius 1 is 0.953 bits per heavy atom. The largest absolute Gasteiger partial charge is 0.507 e. The number of carbonyl (C=O) groups is 4. The Labute approximate surface area is 370 Å². The average Bonchev–Trinajstić information content (AvgIpc) is 3.54. The van der Waals surface area contributed by atoms with Gasteiger partial charge in [0.05, 0.1) is 64.9 Å². The molecule has 6 N–H and O–H groups in total. The van der Waals surface area contributed by atoms with Gasteiger partial charge in [0.15, 0.2) is 11.5 Å². The van der Waals surface area contributed by atoms with E-state index in [1.54, 1.807) is 50.6 Å². The number of aromatic hydroxyl groups is 1. The van der Waals surface area contributed by atoms with Gasteiger partial charge in [0.25, 0.3) is 11.7 Å². The van der Waals surface area contributed by atoms with Gasteiger partial charge in [-0.1, -0.05) is 64.1 Å². The van der Waals surface area contributed by atoms with Crippen LogP contribution in [0, 0.1) is 30.6 Å². The fourth-order valence-corrected chi connectivity index (χ4v) is 8.35. The lowest BCUT2D eigenvalue weighted by molar-refractivity contribution is -0.516. The lowest BCUT2D eigenvalue weighted by Gasteiger charge is -2.38. The van der Waals surface area contributed by atoms with E-state index in [2.05, 4.69) is 15.8 Å². The van der Waals surface area contributed by atoms with Gasteiger partial charge in [-0.05, 0) is 38.1 Å². The minimum absolute atomic E-state index is 0.00290. The number of ketones is 2. The van der Waals surface area contributed by atoms with Gasteiger partial charge in [0.1, 0.15) is 23.1 Å². The van der Waals surface area contributed by atoms with Crippen LogP contribution in [0.15, 0.2) is 101 Å². The second kappa shape index (κ2) is 19.0. The summed E-state index contributed by atoms with van der Waals surface area (Å²) in [7, 11) is 1.42. The molecule has 64 heavy (non-hydrogen) atoms. The number of fused-ring (bicyclic) bond motifs is 15. The van der Waals surface area contributed by atoms with Gasteiger partial charge in [-0.2, -0.15) is 5.43 Å². The molecule has 5 bridgehead atoms. The van der Waals surface area contributed by atoms with Crippen molar-refractivity contribution >= 4 is 46.4 Å². The summed E-state index contributed by atoms with van der Waals surface area (Å²) < 4.78 is 25.3. The quantitative estimate of drug-likeness (QED) is 0.0485. The summed E-state index contributed by atoms with van der Waals surface area (Å²) in [5.74, 6) is -9.18. The van der Waals surface area contributed by atoms with Crippen LogP contribution in [-0.4, -0.2) is 87.5 Å². The Hall–Kier alpha value is -6.62. The summed E-state index contributed by atoms with van der Waals surface area (Å²) in [6.45, 7) is 12.4. The molecule has 0 saturated carbocycles. The number of Topliss-reactive ketones (excluding diaryl/α,β-unsaturated/α-hetero) is 2. The number of allylic oxidation sites excluding steroid dienone is 3. The number of amides is 1. The summed E-state index contributed by atoms with van der Waals surface area (Å²) in [6.07, 6.45) is 7.72. The number of rotatable bonds is 5. The number of nitrogens with zero attached hydrogens (tertiary/aromatic N) is 2. The molecule has 0 radical (unpaired) electrons. The molecule has 2 aromatic carbocycles. The maximum atomic E-state index is 14.8. The van der Waals surface area contributed by atoms with Crippen LogP contribution in [-0.2, 0) is 23.8 Å². The van der Waals surface area contributed by atoms with Crippen LogP contribution in [0.5, 0.6) is 11.5 Å². The first-order chi connectivity index (χ1) is 30.3. The monoisotopic (exact) mass is 879 g/mol. The molecule has 0 fully saturated rings. The van der Waals surface area contributed by atoms with Crippen LogP contribution < -0.4 is 20.0 Å². The normalized spacial score (nSPS) is 30.4. The Bertz CT molecular complexity index is 2550. The van der Waals surface area contributed by atoms with Gasteiger partial charge < -0.3 is 44.7 Å². The van der Waals surface area contributed by atoms with E-state index in [0.717, 1.165) is 17.1 Å². The van der Waals surface area contributed by atoms with Crippen LogP contribution in [0.3, 0.4) is 0 Å². The van der Waals surface area contributed by atoms with E-state index in [1.165, 1.54) is 59.6 Å². The molecule has 1 aromatic heterocycles. The molecule has 4 heterocycles. The number of ether oxygens (including phenoxy) is 4. The zero-order valence-corrected chi connectivity index (χ0v) is 37.2. The highest BCUT2D eigenvalue weighted by molar-refractivity contribution is 6.25. The molecule has 9 atom stereocenters. The number of pyridine rings is 1. The lowest BCUT2D eigenvalue weighted by Crippen LogP contribution is -2.46. The maximum Gasteiger partial charge on any atom is 0.317 e. The number of carbonyl (C=O) groups excluding carboxylic acids is 4. The van der Waals surface area contributed by atoms with Crippen molar-refractivity contribution < 1.29 is 63.1 Å². The van der Waals surface area contributed by atoms with Crippen LogP contribution in [0.1, 0.15) is 80.3 Å². The number of benzene rings is 2. The van der Waals surface area contributed by atoms with Crippen molar-refractivity contribution in [2.75, 3.05) is 7.11 Å². The molecule has 0 unspecified atom stereocenters. The van der Waals surface area contributed by atoms with E-state index in [9.17, 15) is 39.6 Å². The molecule has 3 aliphatic heterocycles. The molecule has 0 saturated heterocycles. The summed E-state index contributed by atoms with van der Waals surface area (Å²) in [5.41, 5.74) is 1.87. The number of phenolic OH excluding ortho intramolecular Hbond substituents is 1. The van der Waals surface area contributed by atoms with Crippen molar-refractivity contribution in [3.05, 3.63) is 118 Å². The topological polar surface area (TPSA) is 226 Å². The Morgan fingerprint density at radius 3 is 2.36 bits per heavy atom. The third-order valence-corrected chi connectivity index (χ3v) is 12.2. The Morgan fingerprint density at radius 2 is 1.66 bits per heavy atom. The summed E-state index contributed by atoms with van der Waals surface area (Å²) >= 11 is 0. The van der Waals surface area contributed by atoms with Crippen molar-refractivity contribution in [2.24, 2.45) is 28.8 Å². The fourth-order valence-electron chi connectivity index (χ4n) is 8.35. The number of aliphatic hydroxyl groups is 3. The zero-order valence-electron chi connectivity index (χ0n) is 37.2. The van der Waals surface area contributed by atoms with Crippen molar-refractivity contribution in [3.8, 4) is 11.5 Å². The molecule has 7 rings (SSSR count). The molecule has 338 valence electrons. The first-order valence-corrected chi connectivity index (χ1v) is 20.9. The highest BCUT2D eigenvalue weighted by Crippen LogP contribution is 2.50. The summed E-state index contributed by atoms with van der Waals surface area (Å²) in [5, 5.41) is 54.3. The second-order valence-electron chi connectivity index (χ2n) is 16.6. The van der Waals surface area contributed by atoms with Gasteiger partial charge in [0, 0.05) is 66.3 Å². The number of aromatic nitrogens is 1. The second-order valence-corrected chi connectivity index (χ2v) is 16.6. The first kappa shape index (κ1) is 46.9. The van der Waals surface area contributed by atoms with E-state index in [0.29, 0.717) is 0 Å². The van der Waals surface area contributed by atoms with Crippen LogP contribution in [0.25, 0.3) is 16.7 Å². The summed E-state index contributed by atoms with van der Waals surface area (Å²) in [4.78, 5) is 55.4. The first-order valence-electron chi connectivity index (χ1n) is 20.9. The van der Waals surface area contributed by atoms with Crippen LogP contribution in [0.4, 0.5) is 0 Å². The van der Waals surface area contributed by atoms with E-state index < -0.39 is 100.0 Å². The number of aliphatic hydroxyl groups excluding tert-OH is 3. The maximum absolute atomic E-state index is 14.8. The number of methoxy groups -OCH3 is 1. The molecular weight excluding hydrogens is 825 g/mol. The van der Waals surface area contributed by atoms with Crippen LogP contribution in [0.2, 0.25) is 0 Å². The Kier molecular flexibility index (Phi) is 13.9. The van der Waals surface area contributed by atoms with Crippen molar-refractivity contribution in [3.63, 3.8) is 0 Å². The highest BCUT2D eigenvalue weighted by atomic mass is 16.7. The molecule has 16 heteroatoms. The summed E-state index contributed by atoms with van der Waals surface area (Å²) in [6, 6.07) is 11.4. The van der Waals surface area contributed by atoms with E-state index in [4.69, 9.17) is 18.9 Å². The number of para-hydroxylation sites is 1. The van der Waals surface area contributed by atoms with Crippen LogP contribution >= 0.6 is 0 Å². The minimum atomic E-state index is -2.10. The number of esters is 1. The zero-order chi connectivity index (χ0) is 46.8. The molecule has 16 nitrogen and oxygen atoms in total. The smallest absolute Gasteiger partial charge is 0.317 e. The molecule has 3 aromatic rings. The third-order valence-electron chi connectivity index (χ3n) is 12.2. The third kappa shape index (κ3) is 8.94. The number of hydrazone groups is 1. The lowest BCUT2D eigenvalue weighted by atomic mass is 9.78. The van der Waals surface area contributed by atoms with E-state index in [1.807, 2.05) is 36.4 Å². The average molecular weight is 880 g/mol. The molecule has 1 amide bonds. The van der Waals surface area contributed by atoms with Gasteiger partial charge >= 0.3 is 18.1 Å². The predicted octanol–water partition coefficient (Wildman–Crippen LogP) is 5.20.